The molecule has 10 nitrogen and oxygen atoms in total. The highest BCUT2D eigenvalue weighted by atomic mass is 17.2. The Balaban J connectivity index is 4.14. The van der Waals surface area contributed by atoms with Gasteiger partial charge < -0.3 is 10.2 Å². The first-order valence-electron chi connectivity index (χ1n) is 9.03. The molecule has 0 atom stereocenters. The number of carbonyl (C=O) groups is 4. The number of carboxylic acid groups (broad SMARTS) is 2. The van der Waals surface area contributed by atoms with Crippen LogP contribution < -0.4 is 0 Å². The largest absolute Gasteiger partial charge is 0.481 e. The fraction of sp³-hybridized carbons (Fsp3) is 0.778. The molecule has 10 heteroatoms. The van der Waals surface area contributed by atoms with Crippen LogP contribution in [0.2, 0.25) is 0 Å². The smallest absolute Gasteiger partial charge is 0.342 e. The number of carboxylic acids is 2. The highest BCUT2D eigenvalue weighted by Gasteiger charge is 2.29. The number of rotatable bonds is 15. The predicted molar refractivity (Wildman–Crippen MR) is 94.7 cm³/mol. The van der Waals surface area contributed by atoms with Crippen LogP contribution in [0.5, 0.6) is 0 Å². The molecule has 0 amide bonds. The van der Waals surface area contributed by atoms with Gasteiger partial charge in [-0.25, -0.2) is 9.59 Å². The van der Waals surface area contributed by atoms with Gasteiger partial charge in [0.2, 0.25) is 0 Å². The van der Waals surface area contributed by atoms with E-state index in [2.05, 4.69) is 0 Å². The molecular formula is C18H30O10. The lowest BCUT2D eigenvalue weighted by molar-refractivity contribution is -0.340. The third-order valence-corrected chi connectivity index (χ3v) is 3.59. The molecule has 0 aromatic rings. The van der Waals surface area contributed by atoms with Crippen LogP contribution in [0.1, 0.15) is 79.1 Å². The first kappa shape index (κ1) is 25.8. The molecular weight excluding hydrogens is 376 g/mol. The fourth-order valence-corrected chi connectivity index (χ4v) is 1.86. The van der Waals surface area contributed by atoms with Crippen LogP contribution in [0.3, 0.4) is 0 Å². The lowest BCUT2D eigenvalue weighted by atomic mass is 9.94. The van der Waals surface area contributed by atoms with Gasteiger partial charge in [0.15, 0.2) is 0 Å². The average molecular weight is 406 g/mol. The molecule has 0 heterocycles. The highest BCUT2D eigenvalue weighted by molar-refractivity contribution is 5.71. The van der Waals surface area contributed by atoms with Crippen molar-refractivity contribution in [3.8, 4) is 0 Å². The van der Waals surface area contributed by atoms with E-state index >= 15 is 0 Å². The van der Waals surface area contributed by atoms with Gasteiger partial charge in [-0.1, -0.05) is 0 Å². The van der Waals surface area contributed by atoms with E-state index in [-0.39, 0.29) is 38.5 Å². The molecule has 0 spiro atoms. The summed E-state index contributed by atoms with van der Waals surface area (Å²) in [6.45, 7) is 6.80. The maximum Gasteiger partial charge on any atom is 0.342 e. The van der Waals surface area contributed by atoms with Crippen LogP contribution in [0.25, 0.3) is 0 Å². The number of aliphatic carboxylic acids is 2. The quantitative estimate of drug-likeness (QED) is 0.307. The Morgan fingerprint density at radius 1 is 0.643 bits per heavy atom. The Kier molecular flexibility index (Phi) is 11.3. The third-order valence-electron chi connectivity index (χ3n) is 3.59. The first-order chi connectivity index (χ1) is 12.8. The molecule has 0 aliphatic rings. The molecule has 2 N–H and O–H groups in total. The van der Waals surface area contributed by atoms with Crippen LogP contribution in [-0.2, 0) is 38.7 Å². The maximum atomic E-state index is 11.5. The Labute approximate surface area is 163 Å². The van der Waals surface area contributed by atoms with E-state index < -0.39 is 35.1 Å². The third kappa shape index (κ3) is 14.9. The molecule has 162 valence electrons. The Hall–Kier alpha value is -2.20. The van der Waals surface area contributed by atoms with Crippen molar-refractivity contribution in [1.82, 2.24) is 0 Å². The lowest BCUT2D eigenvalue weighted by Crippen LogP contribution is -2.32. The lowest BCUT2D eigenvalue weighted by Gasteiger charge is -2.28. The van der Waals surface area contributed by atoms with E-state index in [0.29, 0.717) is 12.8 Å². The van der Waals surface area contributed by atoms with Crippen LogP contribution in [0, 0.1) is 0 Å². The fourth-order valence-electron chi connectivity index (χ4n) is 1.86. The summed E-state index contributed by atoms with van der Waals surface area (Å²) in [4.78, 5) is 63.5. The minimum Gasteiger partial charge on any atom is -0.481 e. The van der Waals surface area contributed by atoms with Gasteiger partial charge in [-0.2, -0.15) is 9.78 Å². The first-order valence-corrected chi connectivity index (χ1v) is 9.03. The van der Waals surface area contributed by atoms with Gasteiger partial charge in [-0.15, -0.1) is 0 Å². The molecule has 0 fully saturated rings. The van der Waals surface area contributed by atoms with Gasteiger partial charge in [-0.05, 0) is 53.4 Å². The van der Waals surface area contributed by atoms with Crippen molar-refractivity contribution in [3.63, 3.8) is 0 Å². The van der Waals surface area contributed by atoms with Gasteiger partial charge in [0, 0.05) is 25.7 Å². The monoisotopic (exact) mass is 406 g/mol. The summed E-state index contributed by atoms with van der Waals surface area (Å²) in [5.74, 6) is -3.28. The number of carbonyl (C=O) groups excluding carboxylic acids is 2. The maximum absolute atomic E-state index is 11.5. The zero-order valence-electron chi connectivity index (χ0n) is 16.8. The molecule has 0 bridgehead atoms. The van der Waals surface area contributed by atoms with Crippen molar-refractivity contribution in [2.24, 2.45) is 0 Å². The van der Waals surface area contributed by atoms with E-state index in [1.807, 2.05) is 0 Å². The second-order valence-corrected chi connectivity index (χ2v) is 7.59. The summed E-state index contributed by atoms with van der Waals surface area (Å²) in [5.41, 5.74) is -1.68. The van der Waals surface area contributed by atoms with Gasteiger partial charge in [-0.3, -0.25) is 19.4 Å². The van der Waals surface area contributed by atoms with Gasteiger partial charge in [0.1, 0.15) is 11.2 Å². The molecule has 0 radical (unpaired) electrons. The van der Waals surface area contributed by atoms with Crippen molar-refractivity contribution in [3.05, 3.63) is 0 Å². The second-order valence-electron chi connectivity index (χ2n) is 7.59. The van der Waals surface area contributed by atoms with Crippen molar-refractivity contribution >= 4 is 23.9 Å². The van der Waals surface area contributed by atoms with Crippen molar-refractivity contribution < 1.29 is 48.9 Å². The van der Waals surface area contributed by atoms with Crippen molar-refractivity contribution in [2.75, 3.05) is 0 Å². The van der Waals surface area contributed by atoms with E-state index in [4.69, 9.17) is 29.8 Å². The van der Waals surface area contributed by atoms with E-state index in [1.165, 1.54) is 0 Å². The summed E-state index contributed by atoms with van der Waals surface area (Å²) in [5, 5.41) is 17.0. The number of hydrogen-bond donors (Lipinski definition) is 2. The SMILES string of the molecule is CC(C)(CCC(C)(C)OOC(=O)CCCC(=O)O)OOC(=O)CCCC(=O)O. The minimum atomic E-state index is -0.987. The normalized spacial score (nSPS) is 11.7. The summed E-state index contributed by atoms with van der Waals surface area (Å²) in [6.07, 6.45) is 0.757. The highest BCUT2D eigenvalue weighted by Crippen LogP contribution is 2.25. The molecule has 28 heavy (non-hydrogen) atoms. The molecule has 0 aromatic heterocycles. The summed E-state index contributed by atoms with van der Waals surface area (Å²) < 4.78 is 0. The topological polar surface area (TPSA) is 146 Å². The number of hydrogen-bond acceptors (Lipinski definition) is 8. The van der Waals surface area contributed by atoms with Gasteiger partial charge >= 0.3 is 23.9 Å². The summed E-state index contributed by atoms with van der Waals surface area (Å²) in [7, 11) is 0. The molecule has 0 unspecified atom stereocenters. The van der Waals surface area contributed by atoms with E-state index in [1.54, 1.807) is 27.7 Å². The predicted octanol–water partition coefficient (Wildman–Crippen LogP) is 2.78. The Bertz CT molecular complexity index is 490. The van der Waals surface area contributed by atoms with Crippen molar-refractivity contribution in [2.45, 2.75) is 90.3 Å². The van der Waals surface area contributed by atoms with Crippen LogP contribution >= 0.6 is 0 Å². The summed E-state index contributed by atoms with van der Waals surface area (Å²) in [6, 6.07) is 0. The Morgan fingerprint density at radius 3 is 1.25 bits per heavy atom. The molecule has 0 saturated heterocycles. The van der Waals surface area contributed by atoms with E-state index in [0.717, 1.165) is 0 Å². The summed E-state index contributed by atoms with van der Waals surface area (Å²) >= 11 is 0. The average Bonchev–Trinajstić information content (AvgIpc) is 2.56. The molecule has 0 aliphatic heterocycles. The van der Waals surface area contributed by atoms with E-state index in [9.17, 15) is 19.2 Å². The minimum absolute atomic E-state index is 0.0607. The van der Waals surface area contributed by atoms with Crippen LogP contribution in [0.15, 0.2) is 0 Å². The molecule has 0 aliphatic carbocycles. The van der Waals surface area contributed by atoms with Gasteiger partial charge in [0.25, 0.3) is 0 Å². The molecule has 0 saturated carbocycles. The van der Waals surface area contributed by atoms with Crippen molar-refractivity contribution in [1.29, 1.82) is 0 Å². The molecule has 0 rings (SSSR count). The van der Waals surface area contributed by atoms with Crippen LogP contribution in [-0.4, -0.2) is 45.3 Å². The zero-order valence-corrected chi connectivity index (χ0v) is 16.8. The van der Waals surface area contributed by atoms with Gasteiger partial charge in [0.05, 0.1) is 0 Å². The molecule has 0 aromatic carbocycles. The van der Waals surface area contributed by atoms with Crippen LogP contribution in [0.4, 0.5) is 0 Å². The zero-order chi connectivity index (χ0) is 21.8. The second kappa shape index (κ2) is 12.3. The Morgan fingerprint density at radius 2 is 0.964 bits per heavy atom. The standard InChI is InChI=1S/C18H30O10/c1-17(2,27-25-15(23)9-5-7-13(19)20)11-12-18(3,4)28-26-16(24)10-6-8-14(21)22/h5-12H2,1-4H3,(H,19,20)(H,21,22).